The molecule has 0 atom stereocenters. The molecule has 2 aromatic heterocycles. The van der Waals surface area contributed by atoms with Crippen molar-refractivity contribution in [3.05, 3.63) is 31.5 Å². The minimum absolute atomic E-state index is 0.232. The van der Waals surface area contributed by atoms with E-state index >= 15 is 0 Å². The molecular formula is C10H11BrN2O2S3. The summed E-state index contributed by atoms with van der Waals surface area (Å²) in [6.07, 6.45) is 1.74. The van der Waals surface area contributed by atoms with E-state index in [0.29, 0.717) is 4.21 Å². The normalized spacial score (nSPS) is 11.9. The average molecular weight is 367 g/mol. The van der Waals surface area contributed by atoms with Crippen molar-refractivity contribution >= 4 is 48.6 Å². The van der Waals surface area contributed by atoms with E-state index in [1.165, 1.54) is 22.7 Å². The number of halogens is 1. The standard InChI is InChI=1S/C10H11BrN2O2S3/c1-6-3-9(17-10(6)11)18(14,15)13-5-8-12-4-7(2)16-8/h3-4,13H,5H2,1-2H3. The molecule has 0 spiro atoms. The van der Waals surface area contributed by atoms with Crippen LogP contribution >= 0.6 is 38.6 Å². The predicted octanol–water partition coefficient (Wildman–Crippen LogP) is 3.06. The van der Waals surface area contributed by atoms with Gasteiger partial charge in [-0.05, 0) is 41.4 Å². The summed E-state index contributed by atoms with van der Waals surface area (Å²) >= 11 is 6.02. The summed E-state index contributed by atoms with van der Waals surface area (Å²) in [7, 11) is -3.45. The van der Waals surface area contributed by atoms with Crippen molar-refractivity contribution in [3.8, 4) is 0 Å². The van der Waals surface area contributed by atoms with Crippen LogP contribution in [0.4, 0.5) is 0 Å². The predicted molar refractivity (Wildman–Crippen MR) is 77.6 cm³/mol. The first kappa shape index (κ1) is 14.1. The van der Waals surface area contributed by atoms with Crippen LogP contribution < -0.4 is 4.72 Å². The Morgan fingerprint density at radius 2 is 2.11 bits per heavy atom. The molecule has 2 rings (SSSR count). The Hall–Kier alpha value is -0.280. The molecule has 8 heteroatoms. The highest BCUT2D eigenvalue weighted by Gasteiger charge is 2.18. The van der Waals surface area contributed by atoms with Crippen LogP contribution in [0.25, 0.3) is 0 Å². The number of thiophene rings is 1. The fourth-order valence-corrected chi connectivity index (χ4v) is 5.35. The number of nitrogens with one attached hydrogen (secondary N) is 1. The van der Waals surface area contributed by atoms with E-state index in [9.17, 15) is 8.42 Å². The molecule has 98 valence electrons. The van der Waals surface area contributed by atoms with Gasteiger partial charge in [0.2, 0.25) is 10.0 Å². The van der Waals surface area contributed by atoms with Crippen molar-refractivity contribution in [2.45, 2.75) is 24.6 Å². The van der Waals surface area contributed by atoms with Gasteiger partial charge >= 0.3 is 0 Å². The third kappa shape index (κ3) is 3.18. The molecule has 0 unspecified atom stereocenters. The summed E-state index contributed by atoms with van der Waals surface area (Å²) in [6.45, 7) is 4.04. The second-order valence-corrected chi connectivity index (χ2v) is 9.39. The second kappa shape index (κ2) is 5.38. The van der Waals surface area contributed by atoms with E-state index < -0.39 is 10.0 Å². The Kier molecular flexibility index (Phi) is 4.22. The average Bonchev–Trinajstić information content (AvgIpc) is 2.84. The second-order valence-electron chi connectivity index (χ2n) is 3.71. The topological polar surface area (TPSA) is 59.1 Å². The molecular weight excluding hydrogens is 356 g/mol. The lowest BCUT2D eigenvalue weighted by Crippen LogP contribution is -2.22. The quantitative estimate of drug-likeness (QED) is 0.904. The zero-order chi connectivity index (χ0) is 13.3. The highest BCUT2D eigenvalue weighted by molar-refractivity contribution is 9.11. The van der Waals surface area contributed by atoms with Crippen molar-refractivity contribution in [2.24, 2.45) is 0 Å². The number of aromatic nitrogens is 1. The zero-order valence-corrected chi connectivity index (χ0v) is 13.8. The molecule has 0 radical (unpaired) electrons. The number of hydrogen-bond acceptors (Lipinski definition) is 5. The first-order valence-corrected chi connectivity index (χ1v) is 8.96. The molecule has 0 saturated carbocycles. The number of rotatable bonds is 4. The molecule has 4 nitrogen and oxygen atoms in total. The Morgan fingerprint density at radius 3 is 2.61 bits per heavy atom. The highest BCUT2D eigenvalue weighted by atomic mass is 79.9. The van der Waals surface area contributed by atoms with Gasteiger partial charge < -0.3 is 0 Å². The van der Waals surface area contributed by atoms with E-state index in [1.54, 1.807) is 12.3 Å². The molecule has 0 bridgehead atoms. The minimum atomic E-state index is -3.45. The van der Waals surface area contributed by atoms with Crippen LogP contribution in [-0.4, -0.2) is 13.4 Å². The summed E-state index contributed by atoms with van der Waals surface area (Å²) in [4.78, 5) is 5.19. The van der Waals surface area contributed by atoms with Crippen LogP contribution in [0.5, 0.6) is 0 Å². The maximum Gasteiger partial charge on any atom is 0.250 e. The van der Waals surface area contributed by atoms with Gasteiger partial charge in [0.25, 0.3) is 0 Å². The maximum atomic E-state index is 12.0. The number of nitrogens with zero attached hydrogens (tertiary/aromatic N) is 1. The summed E-state index contributed by atoms with van der Waals surface area (Å²) in [5.74, 6) is 0. The van der Waals surface area contributed by atoms with Gasteiger partial charge in [-0.15, -0.1) is 22.7 Å². The number of sulfonamides is 1. The largest absolute Gasteiger partial charge is 0.250 e. The van der Waals surface area contributed by atoms with Crippen LogP contribution in [0.1, 0.15) is 15.4 Å². The lowest BCUT2D eigenvalue weighted by Gasteiger charge is -2.01. The highest BCUT2D eigenvalue weighted by Crippen LogP contribution is 2.30. The molecule has 0 aromatic carbocycles. The number of aryl methyl sites for hydroxylation is 2. The van der Waals surface area contributed by atoms with E-state index in [0.717, 1.165) is 19.2 Å². The van der Waals surface area contributed by atoms with E-state index in [1.807, 2.05) is 13.8 Å². The van der Waals surface area contributed by atoms with E-state index in [-0.39, 0.29) is 6.54 Å². The zero-order valence-electron chi connectivity index (χ0n) is 9.73. The maximum absolute atomic E-state index is 12.0. The van der Waals surface area contributed by atoms with Gasteiger partial charge in [-0.2, -0.15) is 0 Å². The molecule has 2 aromatic rings. The molecule has 2 heterocycles. The van der Waals surface area contributed by atoms with Crippen molar-refractivity contribution < 1.29 is 8.42 Å². The van der Waals surface area contributed by atoms with Crippen LogP contribution in [0, 0.1) is 13.8 Å². The van der Waals surface area contributed by atoms with Crippen molar-refractivity contribution in [1.29, 1.82) is 0 Å². The molecule has 0 aliphatic rings. The molecule has 18 heavy (non-hydrogen) atoms. The summed E-state index contributed by atoms with van der Waals surface area (Å²) in [5.41, 5.74) is 0.922. The van der Waals surface area contributed by atoms with E-state index in [2.05, 4.69) is 25.6 Å². The Bertz CT molecular complexity index is 641. The molecule has 0 aliphatic heterocycles. The molecule has 0 amide bonds. The summed E-state index contributed by atoms with van der Waals surface area (Å²) in [6, 6.07) is 1.66. The van der Waals surface area contributed by atoms with Crippen LogP contribution in [0.2, 0.25) is 0 Å². The Balaban J connectivity index is 2.12. The van der Waals surface area contributed by atoms with Gasteiger partial charge in [0, 0.05) is 11.1 Å². The number of hydrogen-bond donors (Lipinski definition) is 1. The van der Waals surface area contributed by atoms with Crippen molar-refractivity contribution in [3.63, 3.8) is 0 Å². The fourth-order valence-electron chi connectivity index (χ4n) is 1.28. The third-order valence-electron chi connectivity index (χ3n) is 2.18. The third-order valence-corrected chi connectivity index (χ3v) is 7.11. The van der Waals surface area contributed by atoms with Gasteiger partial charge in [0.1, 0.15) is 9.22 Å². The Labute approximate surface area is 122 Å². The lowest BCUT2D eigenvalue weighted by molar-refractivity contribution is 0.583. The van der Waals surface area contributed by atoms with Crippen LogP contribution in [-0.2, 0) is 16.6 Å². The van der Waals surface area contributed by atoms with Gasteiger partial charge in [0.05, 0.1) is 10.3 Å². The first-order chi connectivity index (χ1) is 8.38. The molecule has 0 aliphatic carbocycles. The van der Waals surface area contributed by atoms with Crippen molar-refractivity contribution in [1.82, 2.24) is 9.71 Å². The van der Waals surface area contributed by atoms with Crippen LogP contribution in [0.3, 0.4) is 0 Å². The Morgan fingerprint density at radius 1 is 1.39 bits per heavy atom. The molecule has 0 saturated heterocycles. The lowest BCUT2D eigenvalue weighted by atomic mass is 10.4. The van der Waals surface area contributed by atoms with Crippen molar-refractivity contribution in [2.75, 3.05) is 0 Å². The monoisotopic (exact) mass is 366 g/mol. The van der Waals surface area contributed by atoms with Gasteiger partial charge in [-0.1, -0.05) is 0 Å². The SMILES string of the molecule is Cc1cnc(CNS(=O)(=O)c2cc(C)c(Br)s2)s1. The first-order valence-electron chi connectivity index (χ1n) is 5.05. The smallest absolute Gasteiger partial charge is 0.248 e. The molecule has 1 N–H and O–H groups in total. The minimum Gasteiger partial charge on any atom is -0.248 e. The number of thiazole rings is 1. The van der Waals surface area contributed by atoms with E-state index in [4.69, 9.17) is 0 Å². The fraction of sp³-hybridized carbons (Fsp3) is 0.300. The van der Waals surface area contributed by atoms with Crippen LogP contribution in [0.15, 0.2) is 20.3 Å². The summed E-state index contributed by atoms with van der Waals surface area (Å²) in [5, 5.41) is 0.767. The van der Waals surface area contributed by atoms with Gasteiger partial charge in [-0.3, -0.25) is 0 Å². The van der Waals surface area contributed by atoms with Gasteiger partial charge in [0.15, 0.2) is 0 Å². The summed E-state index contributed by atoms with van der Waals surface area (Å²) < 4.78 is 27.8. The molecule has 0 fully saturated rings. The van der Waals surface area contributed by atoms with Gasteiger partial charge in [-0.25, -0.2) is 18.1 Å².